The molecule has 2 amide bonds. The number of carbonyl (C=O) groups excluding carboxylic acids is 3. The third-order valence-corrected chi connectivity index (χ3v) is 4.54. The van der Waals surface area contributed by atoms with E-state index < -0.39 is 21.9 Å². The molecule has 0 radical (unpaired) electrons. The van der Waals surface area contributed by atoms with Gasteiger partial charge in [0.05, 0.1) is 30.2 Å². The summed E-state index contributed by atoms with van der Waals surface area (Å²) in [5.41, 5.74) is 1.87. The van der Waals surface area contributed by atoms with Gasteiger partial charge in [0.25, 0.3) is 5.91 Å². The summed E-state index contributed by atoms with van der Waals surface area (Å²) in [6.45, 7) is 1.60. The van der Waals surface area contributed by atoms with E-state index in [0.717, 1.165) is 11.8 Å². The first-order chi connectivity index (χ1) is 14.1. The predicted octanol–water partition coefficient (Wildman–Crippen LogP) is 1.78. The third-order valence-electron chi connectivity index (χ3n) is 3.95. The molecule has 0 atom stereocenters. The largest absolute Gasteiger partial charge is 0.465 e. The number of nitrogens with one attached hydrogen (secondary N) is 3. The van der Waals surface area contributed by atoms with Crippen LogP contribution in [-0.2, 0) is 26.0 Å². The fraction of sp³-hybridized carbons (Fsp3) is 0.250. The van der Waals surface area contributed by atoms with E-state index >= 15 is 0 Å². The molecule has 0 aromatic heterocycles. The van der Waals surface area contributed by atoms with E-state index in [9.17, 15) is 22.8 Å². The maximum absolute atomic E-state index is 12.6. The van der Waals surface area contributed by atoms with Gasteiger partial charge in [-0.25, -0.2) is 13.2 Å². The minimum absolute atomic E-state index is 0.0766. The topological polar surface area (TPSA) is 131 Å². The van der Waals surface area contributed by atoms with E-state index in [1.54, 1.807) is 24.3 Å². The fourth-order valence-corrected chi connectivity index (χ4v) is 3.22. The van der Waals surface area contributed by atoms with Crippen LogP contribution in [0.5, 0.6) is 0 Å². The zero-order chi connectivity index (χ0) is 22.3. The first-order valence-electron chi connectivity index (χ1n) is 8.94. The average Bonchev–Trinajstić information content (AvgIpc) is 2.67. The van der Waals surface area contributed by atoms with Gasteiger partial charge in [-0.15, -0.1) is 0 Å². The molecular weight excluding hydrogens is 410 g/mol. The number of benzene rings is 2. The summed E-state index contributed by atoms with van der Waals surface area (Å²) in [4.78, 5) is 35.4. The number of anilines is 2. The molecule has 10 heteroatoms. The van der Waals surface area contributed by atoms with Crippen molar-refractivity contribution in [3.05, 3.63) is 59.2 Å². The molecule has 0 aliphatic rings. The highest BCUT2D eigenvalue weighted by molar-refractivity contribution is 7.92. The maximum Gasteiger partial charge on any atom is 0.337 e. The highest BCUT2D eigenvalue weighted by atomic mass is 32.2. The molecular formula is C20H23N3O6S. The van der Waals surface area contributed by atoms with Crippen molar-refractivity contribution in [1.29, 1.82) is 0 Å². The minimum Gasteiger partial charge on any atom is -0.465 e. The lowest BCUT2D eigenvalue weighted by Gasteiger charge is -2.13. The van der Waals surface area contributed by atoms with Crippen LogP contribution in [0.1, 0.15) is 33.2 Å². The van der Waals surface area contributed by atoms with Gasteiger partial charge in [0.2, 0.25) is 15.9 Å². The average molecular weight is 433 g/mol. The fourth-order valence-electron chi connectivity index (χ4n) is 2.64. The summed E-state index contributed by atoms with van der Waals surface area (Å²) < 4.78 is 30.1. The first kappa shape index (κ1) is 22.9. The lowest BCUT2D eigenvalue weighted by atomic mass is 10.1. The quantitative estimate of drug-likeness (QED) is 0.544. The van der Waals surface area contributed by atoms with Crippen LogP contribution in [0.15, 0.2) is 42.5 Å². The number of hydrogen-bond donors (Lipinski definition) is 3. The Labute approximate surface area is 174 Å². The molecule has 160 valence electrons. The molecule has 0 fully saturated rings. The summed E-state index contributed by atoms with van der Waals surface area (Å²) in [7, 11) is -2.30. The van der Waals surface area contributed by atoms with Crippen LogP contribution < -0.4 is 15.4 Å². The van der Waals surface area contributed by atoms with Crippen molar-refractivity contribution in [2.24, 2.45) is 0 Å². The molecule has 30 heavy (non-hydrogen) atoms. The summed E-state index contributed by atoms with van der Waals surface area (Å²) in [5.74, 6) is -1.25. The Bertz CT molecular complexity index is 1050. The van der Waals surface area contributed by atoms with E-state index in [2.05, 4.69) is 20.1 Å². The SMILES string of the molecule is COC(=O)c1ccc(CCNC(=O)c2cc(NC(C)=O)ccc2NS(C)(=O)=O)cc1. The van der Waals surface area contributed by atoms with Crippen LogP contribution in [-0.4, -0.2) is 46.1 Å². The van der Waals surface area contributed by atoms with Gasteiger partial charge in [-0.05, 0) is 42.3 Å². The zero-order valence-corrected chi connectivity index (χ0v) is 17.6. The van der Waals surface area contributed by atoms with E-state index in [-0.39, 0.29) is 23.7 Å². The lowest BCUT2D eigenvalue weighted by Crippen LogP contribution is -2.27. The van der Waals surface area contributed by atoms with E-state index in [4.69, 9.17) is 0 Å². The summed E-state index contributed by atoms with van der Waals surface area (Å²) in [6, 6.07) is 11.1. The van der Waals surface area contributed by atoms with E-state index in [1.807, 2.05) is 0 Å². The molecule has 0 aliphatic carbocycles. The second-order valence-electron chi connectivity index (χ2n) is 6.51. The molecule has 0 heterocycles. The van der Waals surface area contributed by atoms with Crippen molar-refractivity contribution in [1.82, 2.24) is 5.32 Å². The van der Waals surface area contributed by atoms with Crippen molar-refractivity contribution in [3.63, 3.8) is 0 Å². The molecule has 0 saturated heterocycles. The molecule has 2 aromatic carbocycles. The van der Waals surface area contributed by atoms with Crippen molar-refractivity contribution in [2.75, 3.05) is 29.9 Å². The summed E-state index contributed by atoms with van der Waals surface area (Å²) in [5, 5.41) is 5.28. The normalized spacial score (nSPS) is 10.8. The smallest absolute Gasteiger partial charge is 0.337 e. The van der Waals surface area contributed by atoms with Crippen LogP contribution in [0.4, 0.5) is 11.4 Å². The van der Waals surface area contributed by atoms with Crippen LogP contribution in [0.25, 0.3) is 0 Å². The monoisotopic (exact) mass is 433 g/mol. The van der Waals surface area contributed by atoms with Gasteiger partial charge >= 0.3 is 5.97 Å². The first-order valence-corrected chi connectivity index (χ1v) is 10.8. The number of amides is 2. The Morgan fingerprint density at radius 1 is 1.03 bits per heavy atom. The Hall–Kier alpha value is -3.40. The Morgan fingerprint density at radius 3 is 2.27 bits per heavy atom. The lowest BCUT2D eigenvalue weighted by molar-refractivity contribution is -0.114. The Kier molecular flexibility index (Phi) is 7.54. The van der Waals surface area contributed by atoms with Crippen molar-refractivity contribution < 1.29 is 27.5 Å². The van der Waals surface area contributed by atoms with Crippen LogP contribution >= 0.6 is 0 Å². The third kappa shape index (κ3) is 6.89. The second-order valence-corrected chi connectivity index (χ2v) is 8.26. The van der Waals surface area contributed by atoms with Crippen LogP contribution in [0.3, 0.4) is 0 Å². The number of esters is 1. The van der Waals surface area contributed by atoms with Crippen molar-refractivity contribution in [3.8, 4) is 0 Å². The maximum atomic E-state index is 12.6. The molecule has 3 N–H and O–H groups in total. The molecule has 0 unspecified atom stereocenters. The van der Waals surface area contributed by atoms with Crippen molar-refractivity contribution >= 4 is 39.2 Å². The molecule has 0 spiro atoms. The predicted molar refractivity (Wildman–Crippen MR) is 113 cm³/mol. The van der Waals surface area contributed by atoms with Gasteiger partial charge in [-0.2, -0.15) is 0 Å². The molecule has 9 nitrogen and oxygen atoms in total. The molecule has 2 rings (SSSR count). The molecule has 0 saturated carbocycles. The van der Waals surface area contributed by atoms with Gasteiger partial charge in [-0.3, -0.25) is 14.3 Å². The van der Waals surface area contributed by atoms with E-state index in [0.29, 0.717) is 17.7 Å². The van der Waals surface area contributed by atoms with Crippen LogP contribution in [0, 0.1) is 0 Å². The number of hydrogen-bond acceptors (Lipinski definition) is 6. The second kappa shape index (κ2) is 9.88. The number of ether oxygens (including phenoxy) is 1. The number of sulfonamides is 1. The summed E-state index contributed by atoms with van der Waals surface area (Å²) >= 11 is 0. The molecule has 0 aliphatic heterocycles. The number of methoxy groups -OCH3 is 1. The highest BCUT2D eigenvalue weighted by Crippen LogP contribution is 2.22. The Morgan fingerprint density at radius 2 is 1.70 bits per heavy atom. The number of carbonyl (C=O) groups is 3. The molecule has 2 aromatic rings. The zero-order valence-electron chi connectivity index (χ0n) is 16.8. The highest BCUT2D eigenvalue weighted by Gasteiger charge is 2.15. The molecule has 0 bridgehead atoms. The van der Waals surface area contributed by atoms with Gasteiger partial charge in [0.1, 0.15) is 0 Å². The minimum atomic E-state index is -3.60. The van der Waals surface area contributed by atoms with E-state index in [1.165, 1.54) is 32.2 Å². The number of rotatable bonds is 8. The van der Waals surface area contributed by atoms with Crippen LogP contribution in [0.2, 0.25) is 0 Å². The summed E-state index contributed by atoms with van der Waals surface area (Å²) in [6.07, 6.45) is 1.47. The van der Waals surface area contributed by atoms with Gasteiger partial charge in [0.15, 0.2) is 0 Å². The van der Waals surface area contributed by atoms with Gasteiger partial charge in [0, 0.05) is 19.2 Å². The van der Waals surface area contributed by atoms with Crippen molar-refractivity contribution in [2.45, 2.75) is 13.3 Å². The van der Waals surface area contributed by atoms with Gasteiger partial charge in [-0.1, -0.05) is 12.1 Å². The Balaban J connectivity index is 2.10. The standard InChI is InChI=1S/C20H23N3O6S/c1-13(24)22-16-8-9-18(23-30(3,27)28)17(12-16)19(25)21-11-10-14-4-6-15(7-5-14)20(26)29-2/h4-9,12,23H,10-11H2,1-3H3,(H,21,25)(H,22,24). The van der Waals surface area contributed by atoms with Gasteiger partial charge < -0.3 is 15.4 Å².